The molecule has 1 amide bonds. The zero-order valence-corrected chi connectivity index (χ0v) is 9.64. The summed E-state index contributed by atoms with van der Waals surface area (Å²) in [6.07, 6.45) is 0.496. The molecule has 0 saturated carbocycles. The molecule has 1 aromatic rings. The Hall–Kier alpha value is -1.88. The minimum atomic E-state index is -0.593. The third kappa shape index (κ3) is 4.65. The maximum Gasteiger partial charge on any atom is 0.224 e. The number of benzene rings is 1. The van der Waals surface area contributed by atoms with E-state index in [-0.39, 0.29) is 23.9 Å². The molecule has 0 aromatic heterocycles. The molecule has 0 spiro atoms. The quantitative estimate of drug-likeness (QED) is 0.711. The van der Waals surface area contributed by atoms with Crippen molar-refractivity contribution < 1.29 is 14.7 Å². The van der Waals surface area contributed by atoms with E-state index in [1.807, 2.05) is 0 Å². The number of nitrogens with one attached hydrogen (secondary N) is 1. The lowest BCUT2D eigenvalue weighted by atomic mass is 10.1. The molecule has 0 aliphatic carbocycles. The molecule has 1 aromatic carbocycles. The van der Waals surface area contributed by atoms with Gasteiger partial charge in [-0.1, -0.05) is 6.07 Å². The fourth-order valence-electron chi connectivity index (χ4n) is 1.30. The molecule has 5 heteroatoms. The zero-order valence-electron chi connectivity index (χ0n) is 9.64. The van der Waals surface area contributed by atoms with Gasteiger partial charge in [0.25, 0.3) is 0 Å². The lowest BCUT2D eigenvalue weighted by Crippen LogP contribution is -2.29. The number of anilines is 1. The Morgan fingerprint density at radius 1 is 1.47 bits per heavy atom. The normalized spacial score (nSPS) is 11.9. The van der Waals surface area contributed by atoms with Crippen molar-refractivity contribution in [3.8, 4) is 5.75 Å². The van der Waals surface area contributed by atoms with E-state index >= 15 is 0 Å². The van der Waals surface area contributed by atoms with Gasteiger partial charge in [0.2, 0.25) is 5.91 Å². The Bertz CT molecular complexity index is 418. The van der Waals surface area contributed by atoms with Gasteiger partial charge in [-0.3, -0.25) is 9.59 Å². The largest absolute Gasteiger partial charge is 0.508 e. The molecule has 0 aliphatic heterocycles. The van der Waals surface area contributed by atoms with Gasteiger partial charge in [-0.2, -0.15) is 0 Å². The molecular formula is C12H16N2O3. The van der Waals surface area contributed by atoms with E-state index in [9.17, 15) is 14.7 Å². The van der Waals surface area contributed by atoms with Gasteiger partial charge in [0.15, 0.2) is 0 Å². The van der Waals surface area contributed by atoms with Gasteiger partial charge in [0, 0.05) is 18.2 Å². The highest BCUT2D eigenvalue weighted by Crippen LogP contribution is 2.15. The highest BCUT2D eigenvalue weighted by molar-refractivity contribution is 5.91. The third-order valence-electron chi connectivity index (χ3n) is 2.33. The summed E-state index contributed by atoms with van der Waals surface area (Å²) in [5.74, 6) is -0.273. The topological polar surface area (TPSA) is 92.4 Å². The van der Waals surface area contributed by atoms with Crippen LogP contribution in [0.3, 0.4) is 0 Å². The van der Waals surface area contributed by atoms with Crippen LogP contribution in [0.15, 0.2) is 24.3 Å². The van der Waals surface area contributed by atoms with Crippen LogP contribution in [-0.4, -0.2) is 22.8 Å². The molecule has 92 valence electrons. The molecule has 1 rings (SSSR count). The van der Waals surface area contributed by atoms with Crippen LogP contribution >= 0.6 is 0 Å². The first-order chi connectivity index (χ1) is 7.99. The number of Topliss-reactive ketones (excluding diaryl/α,β-unsaturated/α-hetero) is 1. The fourth-order valence-corrected chi connectivity index (χ4v) is 1.30. The van der Waals surface area contributed by atoms with Gasteiger partial charge < -0.3 is 16.2 Å². The highest BCUT2D eigenvalue weighted by atomic mass is 16.3. The summed E-state index contributed by atoms with van der Waals surface area (Å²) < 4.78 is 0. The number of carbonyl (C=O) groups excluding carboxylic acids is 2. The molecule has 0 saturated heterocycles. The van der Waals surface area contributed by atoms with Crippen molar-refractivity contribution in [1.29, 1.82) is 0 Å². The summed E-state index contributed by atoms with van der Waals surface area (Å²) in [5.41, 5.74) is 6.03. The minimum Gasteiger partial charge on any atom is -0.508 e. The lowest BCUT2D eigenvalue weighted by molar-refractivity contribution is -0.119. The molecule has 0 radical (unpaired) electrons. The summed E-state index contributed by atoms with van der Waals surface area (Å²) in [4.78, 5) is 22.4. The fraction of sp³-hybridized carbons (Fsp3) is 0.333. The Morgan fingerprint density at radius 3 is 2.76 bits per heavy atom. The van der Waals surface area contributed by atoms with E-state index in [0.29, 0.717) is 12.1 Å². The Kier molecular flexibility index (Phi) is 4.66. The molecule has 0 bridgehead atoms. The van der Waals surface area contributed by atoms with Crippen LogP contribution in [0.2, 0.25) is 0 Å². The highest BCUT2D eigenvalue weighted by Gasteiger charge is 2.10. The SMILES string of the molecule is CC(=O)[C@@H](N)CCC(=O)Nc1cccc(O)c1. The van der Waals surface area contributed by atoms with Crippen molar-refractivity contribution >= 4 is 17.4 Å². The number of phenols is 1. The monoisotopic (exact) mass is 236 g/mol. The van der Waals surface area contributed by atoms with Gasteiger partial charge in [-0.05, 0) is 25.5 Å². The molecule has 4 N–H and O–H groups in total. The van der Waals surface area contributed by atoms with Gasteiger partial charge in [0.1, 0.15) is 11.5 Å². The number of amides is 1. The first-order valence-corrected chi connectivity index (χ1v) is 5.34. The van der Waals surface area contributed by atoms with E-state index in [2.05, 4.69) is 5.32 Å². The molecule has 0 aliphatic rings. The summed E-state index contributed by atoms with van der Waals surface area (Å²) in [6.45, 7) is 1.40. The van der Waals surface area contributed by atoms with Gasteiger partial charge in [0.05, 0.1) is 6.04 Å². The standard InChI is InChI=1S/C12H16N2O3/c1-8(15)11(13)5-6-12(17)14-9-3-2-4-10(16)7-9/h2-4,7,11,16H,5-6,13H2,1H3,(H,14,17)/t11-/m0/s1. The van der Waals surface area contributed by atoms with Crippen LogP contribution in [0.1, 0.15) is 19.8 Å². The maximum absolute atomic E-state index is 11.5. The van der Waals surface area contributed by atoms with Crippen LogP contribution in [0.5, 0.6) is 5.75 Å². The number of hydrogen-bond acceptors (Lipinski definition) is 4. The number of hydrogen-bond donors (Lipinski definition) is 3. The third-order valence-corrected chi connectivity index (χ3v) is 2.33. The molecule has 0 heterocycles. The second-order valence-electron chi connectivity index (χ2n) is 3.85. The predicted molar refractivity (Wildman–Crippen MR) is 64.6 cm³/mol. The van der Waals surface area contributed by atoms with Crippen LogP contribution in [0, 0.1) is 0 Å². The summed E-state index contributed by atoms with van der Waals surface area (Å²) >= 11 is 0. The first-order valence-electron chi connectivity index (χ1n) is 5.34. The first kappa shape index (κ1) is 13.2. The van der Waals surface area contributed by atoms with Crippen molar-refractivity contribution in [3.63, 3.8) is 0 Å². The van der Waals surface area contributed by atoms with E-state index in [4.69, 9.17) is 5.73 Å². The lowest BCUT2D eigenvalue weighted by Gasteiger charge is -2.08. The summed E-state index contributed by atoms with van der Waals surface area (Å²) in [6, 6.07) is 5.67. The Balaban J connectivity index is 2.42. The van der Waals surface area contributed by atoms with Crippen molar-refractivity contribution in [2.24, 2.45) is 5.73 Å². The predicted octanol–water partition coefficient (Wildman–Crippen LogP) is 1.03. The molecule has 17 heavy (non-hydrogen) atoms. The number of carbonyl (C=O) groups is 2. The van der Waals surface area contributed by atoms with Crippen molar-refractivity contribution in [2.75, 3.05) is 5.32 Å². The Morgan fingerprint density at radius 2 is 2.18 bits per heavy atom. The Labute approximate surface area is 99.6 Å². The number of rotatable bonds is 5. The van der Waals surface area contributed by atoms with Crippen molar-refractivity contribution in [1.82, 2.24) is 0 Å². The minimum absolute atomic E-state index is 0.0863. The summed E-state index contributed by atoms with van der Waals surface area (Å²) in [7, 11) is 0. The van der Waals surface area contributed by atoms with E-state index in [0.717, 1.165) is 0 Å². The van der Waals surface area contributed by atoms with E-state index < -0.39 is 6.04 Å². The number of ketones is 1. The molecule has 0 unspecified atom stereocenters. The smallest absolute Gasteiger partial charge is 0.224 e. The molecule has 5 nitrogen and oxygen atoms in total. The van der Waals surface area contributed by atoms with Crippen molar-refractivity contribution in [3.05, 3.63) is 24.3 Å². The number of aromatic hydroxyl groups is 1. The molecule has 0 fully saturated rings. The van der Waals surface area contributed by atoms with Crippen LogP contribution in [0.4, 0.5) is 5.69 Å². The van der Waals surface area contributed by atoms with Crippen LogP contribution in [-0.2, 0) is 9.59 Å². The second-order valence-corrected chi connectivity index (χ2v) is 3.85. The van der Waals surface area contributed by atoms with Crippen LogP contribution < -0.4 is 11.1 Å². The van der Waals surface area contributed by atoms with Crippen LogP contribution in [0.25, 0.3) is 0 Å². The number of nitrogens with two attached hydrogens (primary N) is 1. The average molecular weight is 236 g/mol. The van der Waals surface area contributed by atoms with Crippen molar-refractivity contribution in [2.45, 2.75) is 25.8 Å². The zero-order chi connectivity index (χ0) is 12.8. The molecule has 1 atom stereocenters. The van der Waals surface area contributed by atoms with Gasteiger partial charge >= 0.3 is 0 Å². The summed E-state index contributed by atoms with van der Waals surface area (Å²) in [5, 5.41) is 11.8. The van der Waals surface area contributed by atoms with Gasteiger partial charge in [-0.15, -0.1) is 0 Å². The number of phenolic OH excluding ortho intramolecular Hbond substituents is 1. The van der Waals surface area contributed by atoms with Gasteiger partial charge in [-0.25, -0.2) is 0 Å². The van der Waals surface area contributed by atoms with E-state index in [1.165, 1.54) is 19.1 Å². The average Bonchev–Trinajstić information content (AvgIpc) is 2.25. The second kappa shape index (κ2) is 6.00. The maximum atomic E-state index is 11.5. The molecular weight excluding hydrogens is 220 g/mol. The van der Waals surface area contributed by atoms with E-state index in [1.54, 1.807) is 12.1 Å².